The van der Waals surface area contributed by atoms with Crippen molar-refractivity contribution in [2.24, 2.45) is 0 Å². The molecule has 5 rings (SSSR count). The number of fused-ring (bicyclic) bond motifs is 1. The highest BCUT2D eigenvalue weighted by atomic mass is 35.5. The van der Waals surface area contributed by atoms with Crippen molar-refractivity contribution in [3.8, 4) is 11.1 Å². The molecule has 1 aliphatic carbocycles. The normalized spacial score (nSPS) is 18.2. The van der Waals surface area contributed by atoms with E-state index in [1.165, 1.54) is 10.9 Å². The van der Waals surface area contributed by atoms with E-state index in [2.05, 4.69) is 20.5 Å². The van der Waals surface area contributed by atoms with Crippen molar-refractivity contribution in [1.29, 1.82) is 0 Å². The average molecular weight is 478 g/mol. The summed E-state index contributed by atoms with van der Waals surface area (Å²) in [6, 6.07) is 12.7. The number of halogens is 1. The van der Waals surface area contributed by atoms with E-state index in [9.17, 15) is 14.7 Å². The highest BCUT2D eigenvalue weighted by Crippen LogP contribution is 2.27. The lowest BCUT2D eigenvalue weighted by Crippen LogP contribution is -2.38. The number of carbonyl (C=O) groups is 1. The SMILES string of the molecule is O=C(N[C@H]1CC[C@@H](O)CC1)c1cccc(Cn2cnc3cc(-c4cn[nH]c4Cl)ccc3c2=O)c1. The van der Waals surface area contributed by atoms with Crippen LogP contribution in [0.25, 0.3) is 22.0 Å². The Kier molecular flexibility index (Phi) is 6.17. The molecule has 0 unspecified atom stereocenters. The fourth-order valence-electron chi connectivity index (χ4n) is 4.41. The molecule has 0 atom stereocenters. The minimum Gasteiger partial charge on any atom is -0.393 e. The van der Waals surface area contributed by atoms with Gasteiger partial charge in [-0.3, -0.25) is 19.3 Å². The van der Waals surface area contributed by atoms with Gasteiger partial charge in [0.2, 0.25) is 0 Å². The first-order valence-electron chi connectivity index (χ1n) is 11.2. The van der Waals surface area contributed by atoms with Crippen molar-refractivity contribution in [2.45, 2.75) is 44.4 Å². The summed E-state index contributed by atoms with van der Waals surface area (Å²) < 4.78 is 1.53. The van der Waals surface area contributed by atoms with E-state index in [0.717, 1.165) is 29.5 Å². The number of aromatic amines is 1. The number of hydrogen-bond acceptors (Lipinski definition) is 5. The fraction of sp³-hybridized carbons (Fsp3) is 0.280. The van der Waals surface area contributed by atoms with Crippen LogP contribution in [0.3, 0.4) is 0 Å². The summed E-state index contributed by atoms with van der Waals surface area (Å²) in [4.78, 5) is 30.3. The zero-order valence-corrected chi connectivity index (χ0v) is 19.1. The number of H-pyrrole nitrogens is 1. The average Bonchev–Trinajstić information content (AvgIpc) is 3.28. The zero-order chi connectivity index (χ0) is 23.7. The van der Waals surface area contributed by atoms with Crippen molar-refractivity contribution >= 4 is 28.4 Å². The lowest BCUT2D eigenvalue weighted by atomic mass is 9.93. The maximum absolute atomic E-state index is 13.1. The first-order valence-corrected chi connectivity index (χ1v) is 11.6. The molecule has 9 heteroatoms. The van der Waals surface area contributed by atoms with Gasteiger partial charge < -0.3 is 10.4 Å². The van der Waals surface area contributed by atoms with Gasteiger partial charge in [-0.1, -0.05) is 29.8 Å². The first kappa shape index (κ1) is 22.3. The number of nitrogens with zero attached hydrogens (tertiary/aromatic N) is 3. The second-order valence-corrected chi connectivity index (χ2v) is 9.06. The second-order valence-electron chi connectivity index (χ2n) is 8.69. The first-order chi connectivity index (χ1) is 16.5. The van der Waals surface area contributed by atoms with E-state index >= 15 is 0 Å². The lowest BCUT2D eigenvalue weighted by Gasteiger charge is -2.26. The Hall–Kier alpha value is -3.49. The minimum absolute atomic E-state index is 0.0775. The van der Waals surface area contributed by atoms with Crippen molar-refractivity contribution in [1.82, 2.24) is 25.1 Å². The summed E-state index contributed by atoms with van der Waals surface area (Å²) in [5.41, 5.74) is 3.35. The highest BCUT2D eigenvalue weighted by Gasteiger charge is 2.21. The van der Waals surface area contributed by atoms with E-state index in [0.29, 0.717) is 41.0 Å². The van der Waals surface area contributed by atoms with Crippen molar-refractivity contribution in [3.63, 3.8) is 0 Å². The predicted molar refractivity (Wildman–Crippen MR) is 130 cm³/mol. The molecule has 0 saturated heterocycles. The molecule has 3 N–H and O–H groups in total. The number of hydrogen-bond donors (Lipinski definition) is 3. The third-order valence-electron chi connectivity index (χ3n) is 6.30. The maximum atomic E-state index is 13.1. The van der Waals surface area contributed by atoms with E-state index in [-0.39, 0.29) is 23.6 Å². The molecule has 1 aliphatic rings. The van der Waals surface area contributed by atoms with Gasteiger partial charge in [-0.15, -0.1) is 0 Å². The second kappa shape index (κ2) is 9.40. The van der Waals surface area contributed by atoms with Crippen LogP contribution in [0.5, 0.6) is 0 Å². The van der Waals surface area contributed by atoms with Gasteiger partial charge >= 0.3 is 0 Å². The van der Waals surface area contributed by atoms with Crippen LogP contribution in [0, 0.1) is 0 Å². The van der Waals surface area contributed by atoms with E-state index < -0.39 is 0 Å². The Labute approximate surface area is 200 Å². The summed E-state index contributed by atoms with van der Waals surface area (Å²) >= 11 is 6.12. The molecule has 0 aliphatic heterocycles. The van der Waals surface area contributed by atoms with E-state index in [1.807, 2.05) is 24.3 Å². The van der Waals surface area contributed by atoms with Crippen LogP contribution in [-0.2, 0) is 6.54 Å². The van der Waals surface area contributed by atoms with Gasteiger partial charge in [0, 0.05) is 17.2 Å². The maximum Gasteiger partial charge on any atom is 0.261 e. The Morgan fingerprint density at radius 3 is 2.76 bits per heavy atom. The molecule has 2 aromatic heterocycles. The number of amides is 1. The van der Waals surface area contributed by atoms with Crippen LogP contribution >= 0.6 is 11.6 Å². The molecule has 1 fully saturated rings. The van der Waals surface area contributed by atoms with Crippen LogP contribution in [0.1, 0.15) is 41.6 Å². The molecule has 2 heterocycles. The largest absolute Gasteiger partial charge is 0.393 e. The Morgan fingerprint density at radius 2 is 2.00 bits per heavy atom. The Balaban J connectivity index is 1.35. The highest BCUT2D eigenvalue weighted by molar-refractivity contribution is 6.32. The van der Waals surface area contributed by atoms with Crippen molar-refractivity contribution in [2.75, 3.05) is 0 Å². The fourth-order valence-corrected chi connectivity index (χ4v) is 4.61. The van der Waals surface area contributed by atoms with Gasteiger partial charge in [0.05, 0.1) is 36.1 Å². The van der Waals surface area contributed by atoms with E-state index in [1.54, 1.807) is 24.4 Å². The standard InChI is InChI=1S/C25H24ClN5O3/c26-23-21(12-28-30-23)16-4-9-20-22(11-16)27-14-31(25(20)34)13-15-2-1-3-17(10-15)24(33)29-18-5-7-19(32)8-6-18/h1-4,9-12,14,18-19,32H,5-8,13H2,(H,28,30)(H,29,33)/t18-,19+. The number of aliphatic hydroxyl groups is 1. The van der Waals surface area contributed by atoms with Gasteiger partial charge in [-0.25, -0.2) is 4.98 Å². The molecular weight excluding hydrogens is 454 g/mol. The molecule has 1 amide bonds. The molecule has 4 aromatic rings. The zero-order valence-electron chi connectivity index (χ0n) is 18.4. The summed E-state index contributed by atoms with van der Waals surface area (Å²) in [5.74, 6) is -0.141. The van der Waals surface area contributed by atoms with Crippen LogP contribution in [0.2, 0.25) is 5.15 Å². The van der Waals surface area contributed by atoms with Gasteiger partial charge in [-0.05, 0) is 61.1 Å². The summed E-state index contributed by atoms with van der Waals surface area (Å²) in [7, 11) is 0. The number of benzene rings is 2. The van der Waals surface area contributed by atoms with Crippen LogP contribution in [-0.4, -0.2) is 42.9 Å². The minimum atomic E-state index is -0.264. The summed E-state index contributed by atoms with van der Waals surface area (Å²) in [6.07, 6.45) is 5.86. The summed E-state index contributed by atoms with van der Waals surface area (Å²) in [5, 5.41) is 20.3. The molecule has 8 nitrogen and oxygen atoms in total. The number of carbonyl (C=O) groups excluding carboxylic acids is 1. The topological polar surface area (TPSA) is 113 Å². The van der Waals surface area contributed by atoms with Crippen LogP contribution in [0.15, 0.2) is 59.8 Å². The molecule has 0 bridgehead atoms. The Bertz CT molecular complexity index is 1410. The summed E-state index contributed by atoms with van der Waals surface area (Å²) in [6.45, 7) is 0.299. The van der Waals surface area contributed by atoms with Crippen molar-refractivity contribution < 1.29 is 9.90 Å². The molecule has 1 saturated carbocycles. The third-order valence-corrected chi connectivity index (χ3v) is 6.59. The molecule has 0 spiro atoms. The Morgan fingerprint density at radius 1 is 1.18 bits per heavy atom. The molecule has 34 heavy (non-hydrogen) atoms. The van der Waals surface area contributed by atoms with Gasteiger partial charge in [0.15, 0.2) is 0 Å². The van der Waals surface area contributed by atoms with Crippen LogP contribution in [0.4, 0.5) is 0 Å². The number of aliphatic hydroxyl groups excluding tert-OH is 1. The monoisotopic (exact) mass is 477 g/mol. The van der Waals surface area contributed by atoms with Gasteiger partial charge in [0.25, 0.3) is 11.5 Å². The number of aromatic nitrogens is 4. The van der Waals surface area contributed by atoms with Crippen LogP contribution < -0.4 is 10.9 Å². The smallest absolute Gasteiger partial charge is 0.261 e. The lowest BCUT2D eigenvalue weighted by molar-refractivity contribution is 0.0867. The van der Waals surface area contributed by atoms with Gasteiger partial charge in [0.1, 0.15) is 5.15 Å². The number of rotatable bonds is 5. The molecule has 174 valence electrons. The predicted octanol–water partition coefficient (Wildman–Crippen LogP) is 3.52. The molecular formula is C25H24ClN5O3. The quantitative estimate of drug-likeness (QED) is 0.407. The molecule has 2 aromatic carbocycles. The number of nitrogens with one attached hydrogen (secondary N) is 2. The third kappa shape index (κ3) is 4.60. The molecule has 0 radical (unpaired) electrons. The van der Waals surface area contributed by atoms with Crippen molar-refractivity contribution in [3.05, 3.63) is 81.6 Å². The van der Waals surface area contributed by atoms with Gasteiger partial charge in [-0.2, -0.15) is 5.10 Å². The van der Waals surface area contributed by atoms with E-state index in [4.69, 9.17) is 11.6 Å².